The first kappa shape index (κ1) is 17.1. The number of guanidine groups is 2. The van der Waals surface area contributed by atoms with Gasteiger partial charge in [0, 0.05) is 50.0 Å². The van der Waals surface area contributed by atoms with Crippen molar-refractivity contribution in [2.75, 3.05) is 14.1 Å². The summed E-state index contributed by atoms with van der Waals surface area (Å²) in [5, 5.41) is 7.05. The van der Waals surface area contributed by atoms with E-state index in [4.69, 9.17) is 16.9 Å². The molecular formula is C4H11CrN5V. The van der Waals surface area contributed by atoms with Crippen LogP contribution in [0.25, 0.3) is 0 Å². The average molecular weight is 232 g/mol. The van der Waals surface area contributed by atoms with E-state index in [1.54, 1.807) is 14.1 Å². The number of hydrogen-bond acceptors (Lipinski definition) is 1. The van der Waals surface area contributed by atoms with E-state index >= 15 is 0 Å². The molecule has 0 aliphatic heterocycles. The SMILES string of the molecule is CN(C)C(=N)N=C(N)N.[Cr].[V]. The molecule has 11 heavy (non-hydrogen) atoms. The minimum absolute atomic E-state index is 0. The summed E-state index contributed by atoms with van der Waals surface area (Å²) in [6.07, 6.45) is 0. The van der Waals surface area contributed by atoms with Gasteiger partial charge in [0.2, 0.25) is 5.96 Å². The number of aliphatic imine (C=N–C) groups is 1. The monoisotopic (exact) mass is 232 g/mol. The van der Waals surface area contributed by atoms with Gasteiger partial charge in [0.15, 0.2) is 5.96 Å². The zero-order valence-corrected chi connectivity index (χ0v) is 9.08. The van der Waals surface area contributed by atoms with Crippen molar-refractivity contribution in [3.8, 4) is 0 Å². The van der Waals surface area contributed by atoms with Crippen LogP contribution in [-0.2, 0) is 35.9 Å². The Kier molecular flexibility index (Phi) is 12.4. The van der Waals surface area contributed by atoms with Gasteiger partial charge < -0.3 is 16.4 Å². The average Bonchev–Trinajstić information content (AvgIpc) is 1.63. The van der Waals surface area contributed by atoms with Crippen LogP contribution in [0.5, 0.6) is 0 Å². The maximum Gasteiger partial charge on any atom is 0.220 e. The predicted molar refractivity (Wildman–Crippen MR) is 37.2 cm³/mol. The van der Waals surface area contributed by atoms with Crippen molar-refractivity contribution >= 4 is 11.9 Å². The molecule has 0 saturated heterocycles. The van der Waals surface area contributed by atoms with Crippen molar-refractivity contribution < 1.29 is 35.9 Å². The molecule has 5 N–H and O–H groups in total. The van der Waals surface area contributed by atoms with Gasteiger partial charge in [-0.3, -0.25) is 5.41 Å². The summed E-state index contributed by atoms with van der Waals surface area (Å²) in [4.78, 5) is 4.96. The van der Waals surface area contributed by atoms with Crippen LogP contribution < -0.4 is 11.5 Å². The zero-order valence-electron chi connectivity index (χ0n) is 6.40. The zero-order chi connectivity index (χ0) is 7.44. The van der Waals surface area contributed by atoms with Crippen LogP contribution in [-0.4, -0.2) is 30.9 Å². The van der Waals surface area contributed by atoms with E-state index in [0.717, 1.165) is 0 Å². The molecule has 0 heterocycles. The van der Waals surface area contributed by atoms with E-state index in [2.05, 4.69) is 4.99 Å². The molecule has 0 rings (SSSR count). The van der Waals surface area contributed by atoms with Crippen molar-refractivity contribution in [2.24, 2.45) is 16.5 Å². The molecule has 0 unspecified atom stereocenters. The van der Waals surface area contributed by atoms with E-state index in [-0.39, 0.29) is 47.8 Å². The quantitative estimate of drug-likeness (QED) is 0.360. The molecule has 0 fully saturated rings. The third-order valence-corrected chi connectivity index (χ3v) is 0.659. The van der Waals surface area contributed by atoms with Crippen LogP contribution in [0.1, 0.15) is 0 Å². The standard InChI is InChI=1S/C4H11N5.Cr.V/c1-9(2)4(7)8-3(5)6;;/h1-2H3,(H5,5,6,7,8);;. The first-order valence-electron chi connectivity index (χ1n) is 2.39. The minimum atomic E-state index is -0.0892. The van der Waals surface area contributed by atoms with Crippen molar-refractivity contribution in [1.29, 1.82) is 5.41 Å². The Morgan fingerprint density at radius 3 is 1.82 bits per heavy atom. The number of nitrogens with zero attached hydrogens (tertiary/aromatic N) is 2. The number of rotatable bonds is 0. The summed E-state index contributed by atoms with van der Waals surface area (Å²) in [5.74, 6) is -0.0382. The van der Waals surface area contributed by atoms with E-state index in [1.807, 2.05) is 0 Å². The van der Waals surface area contributed by atoms with Gasteiger partial charge in [-0.1, -0.05) is 0 Å². The molecule has 0 atom stereocenters. The molecule has 7 heteroatoms. The van der Waals surface area contributed by atoms with Crippen LogP contribution in [0.15, 0.2) is 4.99 Å². The second-order valence-corrected chi connectivity index (χ2v) is 1.75. The van der Waals surface area contributed by atoms with Crippen molar-refractivity contribution in [3.63, 3.8) is 0 Å². The third-order valence-electron chi connectivity index (χ3n) is 0.659. The summed E-state index contributed by atoms with van der Waals surface area (Å²) in [6.45, 7) is 0. The molecule has 0 aromatic heterocycles. The molecular weight excluding hydrogens is 221 g/mol. The number of nitrogens with two attached hydrogens (primary N) is 2. The van der Waals surface area contributed by atoms with Crippen LogP contribution >= 0.6 is 0 Å². The Labute approximate surface area is 88.7 Å². The maximum absolute atomic E-state index is 7.05. The Balaban J connectivity index is -0.000000320. The molecule has 0 aromatic rings. The summed E-state index contributed by atoms with van der Waals surface area (Å²) in [6, 6.07) is 0. The molecule has 0 spiro atoms. The second-order valence-electron chi connectivity index (χ2n) is 1.75. The molecule has 0 saturated carbocycles. The summed E-state index contributed by atoms with van der Waals surface area (Å²) in [5.41, 5.74) is 9.98. The minimum Gasteiger partial charge on any atom is -0.370 e. The smallest absolute Gasteiger partial charge is 0.220 e. The van der Waals surface area contributed by atoms with Gasteiger partial charge in [-0.15, -0.1) is 0 Å². The van der Waals surface area contributed by atoms with Crippen molar-refractivity contribution in [2.45, 2.75) is 0 Å². The molecule has 0 bridgehead atoms. The predicted octanol–water partition coefficient (Wildman–Crippen LogP) is -1.25. The second kappa shape index (κ2) is 7.96. The van der Waals surface area contributed by atoms with Gasteiger partial charge >= 0.3 is 0 Å². The van der Waals surface area contributed by atoms with E-state index in [1.165, 1.54) is 4.90 Å². The van der Waals surface area contributed by atoms with E-state index < -0.39 is 0 Å². The Bertz CT molecular complexity index is 141. The van der Waals surface area contributed by atoms with E-state index in [9.17, 15) is 0 Å². The summed E-state index contributed by atoms with van der Waals surface area (Å²) in [7, 11) is 3.38. The first-order chi connectivity index (χ1) is 4.04. The van der Waals surface area contributed by atoms with Gasteiger partial charge in [-0.2, -0.15) is 4.99 Å². The largest absolute Gasteiger partial charge is 0.370 e. The normalized spacial score (nSPS) is 6.73. The van der Waals surface area contributed by atoms with Crippen molar-refractivity contribution in [1.82, 2.24) is 4.90 Å². The molecule has 0 aliphatic carbocycles. The number of hydrogen-bond donors (Lipinski definition) is 3. The van der Waals surface area contributed by atoms with Gasteiger partial charge in [0.25, 0.3) is 0 Å². The molecule has 1 radical (unpaired) electrons. The molecule has 63 valence electrons. The summed E-state index contributed by atoms with van der Waals surface area (Å²) >= 11 is 0. The van der Waals surface area contributed by atoms with Gasteiger partial charge in [0.1, 0.15) is 0 Å². The maximum atomic E-state index is 7.05. The van der Waals surface area contributed by atoms with Crippen LogP contribution in [0.3, 0.4) is 0 Å². The Morgan fingerprint density at radius 1 is 1.36 bits per heavy atom. The fraction of sp³-hybridized carbons (Fsp3) is 0.500. The topological polar surface area (TPSA) is 91.5 Å². The Morgan fingerprint density at radius 2 is 1.73 bits per heavy atom. The van der Waals surface area contributed by atoms with Gasteiger partial charge in [-0.25, -0.2) is 0 Å². The summed E-state index contributed by atoms with van der Waals surface area (Å²) < 4.78 is 0. The van der Waals surface area contributed by atoms with Crippen LogP contribution in [0, 0.1) is 5.41 Å². The van der Waals surface area contributed by atoms with Gasteiger partial charge in [-0.05, 0) is 0 Å². The van der Waals surface area contributed by atoms with Gasteiger partial charge in [0.05, 0.1) is 0 Å². The number of nitrogens with one attached hydrogen (secondary N) is 1. The van der Waals surface area contributed by atoms with Crippen LogP contribution in [0.4, 0.5) is 0 Å². The fourth-order valence-electron chi connectivity index (χ4n) is 0.222. The molecule has 5 nitrogen and oxygen atoms in total. The van der Waals surface area contributed by atoms with E-state index in [0.29, 0.717) is 0 Å². The third kappa shape index (κ3) is 9.86. The fourth-order valence-corrected chi connectivity index (χ4v) is 0.222. The van der Waals surface area contributed by atoms with Crippen molar-refractivity contribution in [3.05, 3.63) is 0 Å². The molecule has 0 amide bonds. The first-order valence-corrected chi connectivity index (χ1v) is 2.39. The molecule has 0 aliphatic rings. The van der Waals surface area contributed by atoms with Crippen LogP contribution in [0.2, 0.25) is 0 Å². The Hall–Kier alpha value is -0.143. The molecule has 0 aromatic carbocycles.